The second kappa shape index (κ2) is 5.93. The zero-order valence-corrected chi connectivity index (χ0v) is 11.1. The van der Waals surface area contributed by atoms with E-state index in [2.05, 4.69) is 0 Å². The maximum atomic E-state index is 12.5. The van der Waals surface area contributed by atoms with Gasteiger partial charge >= 0.3 is 0 Å². The smallest absolute Gasteiger partial charge is 0.257 e. The van der Waals surface area contributed by atoms with Crippen LogP contribution in [0.2, 0.25) is 0 Å². The lowest BCUT2D eigenvalue weighted by Gasteiger charge is -2.18. The number of likely N-dealkylation sites (tertiary alicyclic amines) is 1. The van der Waals surface area contributed by atoms with Crippen molar-refractivity contribution in [3.8, 4) is 5.75 Å². The second-order valence-electron chi connectivity index (χ2n) is 4.85. The number of anilines is 1. The number of carbonyl (C=O) groups is 1. The van der Waals surface area contributed by atoms with E-state index in [1.165, 1.54) is 7.11 Å². The summed E-state index contributed by atoms with van der Waals surface area (Å²) in [6.07, 6.45) is 1.69. The number of benzene rings is 1. The molecule has 5 nitrogen and oxygen atoms in total. The van der Waals surface area contributed by atoms with Crippen molar-refractivity contribution in [3.63, 3.8) is 0 Å². The molecule has 1 heterocycles. The molecule has 1 saturated heterocycles. The minimum Gasteiger partial charge on any atom is -0.494 e. The highest BCUT2D eigenvalue weighted by atomic mass is 16.5. The van der Waals surface area contributed by atoms with Crippen LogP contribution in [0, 0.1) is 5.92 Å². The molecule has 1 aliphatic rings. The number of methoxy groups -OCH3 is 1. The lowest BCUT2D eigenvalue weighted by Crippen LogP contribution is -2.29. The zero-order valence-electron chi connectivity index (χ0n) is 11.1. The number of amides is 1. The Kier molecular flexibility index (Phi) is 4.27. The molecule has 104 valence electrons. The topological polar surface area (TPSA) is 75.8 Å². The number of aliphatic hydroxyl groups is 1. The van der Waals surface area contributed by atoms with Gasteiger partial charge in [-0.2, -0.15) is 0 Å². The van der Waals surface area contributed by atoms with E-state index < -0.39 is 0 Å². The molecular weight excluding hydrogens is 244 g/mol. The minimum atomic E-state index is -0.0513. The maximum absolute atomic E-state index is 12.5. The number of carbonyl (C=O) groups excluding carboxylic acids is 1. The first-order chi connectivity index (χ1) is 9.17. The number of nitrogens with two attached hydrogens (primary N) is 1. The number of nitrogens with zero attached hydrogens (tertiary/aromatic N) is 1. The first-order valence-electron chi connectivity index (χ1n) is 6.50. The van der Waals surface area contributed by atoms with Gasteiger partial charge in [-0.25, -0.2) is 0 Å². The van der Waals surface area contributed by atoms with E-state index in [9.17, 15) is 4.79 Å². The molecule has 5 heteroatoms. The Bertz CT molecular complexity index is 462. The standard InChI is InChI=1S/C14H20N2O3/c1-19-13-11(3-2-4-12(13)15)14(18)16-7-5-10(9-16)6-8-17/h2-4,10,17H,5-9,15H2,1H3. The van der Waals surface area contributed by atoms with Crippen molar-refractivity contribution < 1.29 is 14.6 Å². The second-order valence-corrected chi connectivity index (χ2v) is 4.85. The summed E-state index contributed by atoms with van der Waals surface area (Å²) >= 11 is 0. The molecule has 0 bridgehead atoms. The third kappa shape index (κ3) is 2.81. The van der Waals surface area contributed by atoms with Gasteiger partial charge in [0.2, 0.25) is 0 Å². The molecule has 2 rings (SSSR count). The minimum absolute atomic E-state index is 0.0513. The third-order valence-electron chi connectivity index (χ3n) is 3.59. The van der Waals surface area contributed by atoms with Crippen molar-refractivity contribution in [3.05, 3.63) is 23.8 Å². The van der Waals surface area contributed by atoms with Gasteiger partial charge in [-0.15, -0.1) is 0 Å². The summed E-state index contributed by atoms with van der Waals surface area (Å²) < 4.78 is 5.22. The average Bonchev–Trinajstić information content (AvgIpc) is 2.86. The normalized spacial score (nSPS) is 18.6. The van der Waals surface area contributed by atoms with Gasteiger partial charge in [0.25, 0.3) is 5.91 Å². The molecule has 1 atom stereocenters. The van der Waals surface area contributed by atoms with Gasteiger partial charge in [-0.05, 0) is 30.9 Å². The Morgan fingerprint density at radius 2 is 2.37 bits per heavy atom. The number of hydrogen-bond donors (Lipinski definition) is 2. The van der Waals surface area contributed by atoms with Gasteiger partial charge in [0.05, 0.1) is 18.4 Å². The zero-order chi connectivity index (χ0) is 13.8. The highest BCUT2D eigenvalue weighted by Crippen LogP contribution is 2.29. The van der Waals surface area contributed by atoms with E-state index in [-0.39, 0.29) is 12.5 Å². The Hall–Kier alpha value is -1.75. The molecule has 0 saturated carbocycles. The van der Waals surface area contributed by atoms with Crippen LogP contribution in [0.1, 0.15) is 23.2 Å². The van der Waals surface area contributed by atoms with E-state index in [1.807, 2.05) is 0 Å². The fraction of sp³-hybridized carbons (Fsp3) is 0.500. The van der Waals surface area contributed by atoms with Crippen LogP contribution in [0.25, 0.3) is 0 Å². The van der Waals surface area contributed by atoms with Gasteiger partial charge in [0.15, 0.2) is 5.75 Å². The molecule has 0 radical (unpaired) electrons. The number of para-hydroxylation sites is 1. The van der Waals surface area contributed by atoms with E-state index in [0.717, 1.165) is 19.4 Å². The molecule has 0 aliphatic carbocycles. The van der Waals surface area contributed by atoms with E-state index >= 15 is 0 Å². The van der Waals surface area contributed by atoms with Crippen molar-refractivity contribution in [2.75, 3.05) is 32.5 Å². The summed E-state index contributed by atoms with van der Waals surface area (Å²) in [5.74, 6) is 0.781. The number of nitrogen functional groups attached to an aromatic ring is 1. The monoisotopic (exact) mass is 264 g/mol. The lowest BCUT2D eigenvalue weighted by molar-refractivity contribution is 0.0781. The third-order valence-corrected chi connectivity index (χ3v) is 3.59. The SMILES string of the molecule is COc1c(N)cccc1C(=O)N1CCC(CCO)C1. The summed E-state index contributed by atoms with van der Waals surface area (Å²) in [5.41, 5.74) is 6.79. The Balaban J connectivity index is 2.15. The fourth-order valence-electron chi connectivity index (χ4n) is 2.56. The molecule has 0 aromatic heterocycles. The van der Waals surface area contributed by atoms with Crippen LogP contribution in [0.5, 0.6) is 5.75 Å². The first-order valence-corrected chi connectivity index (χ1v) is 6.50. The molecule has 1 aromatic carbocycles. The van der Waals surface area contributed by atoms with E-state index in [4.69, 9.17) is 15.6 Å². The summed E-state index contributed by atoms with van der Waals surface area (Å²) in [6, 6.07) is 5.21. The van der Waals surface area contributed by atoms with Gasteiger partial charge in [-0.1, -0.05) is 6.07 Å². The molecule has 1 fully saturated rings. The van der Waals surface area contributed by atoms with Crippen LogP contribution in [-0.2, 0) is 0 Å². The molecule has 3 N–H and O–H groups in total. The van der Waals surface area contributed by atoms with Crippen molar-refractivity contribution in [2.24, 2.45) is 5.92 Å². The van der Waals surface area contributed by atoms with Gasteiger partial charge in [0.1, 0.15) is 0 Å². The summed E-state index contributed by atoms with van der Waals surface area (Å²) in [6.45, 7) is 1.59. The van der Waals surface area contributed by atoms with Gasteiger partial charge in [-0.3, -0.25) is 4.79 Å². The lowest BCUT2D eigenvalue weighted by atomic mass is 10.1. The summed E-state index contributed by atoms with van der Waals surface area (Å²) in [5, 5.41) is 8.95. The number of ether oxygens (including phenoxy) is 1. The van der Waals surface area contributed by atoms with Gasteiger partial charge in [0, 0.05) is 19.7 Å². The maximum Gasteiger partial charge on any atom is 0.257 e. The van der Waals surface area contributed by atoms with Crippen LogP contribution in [0.3, 0.4) is 0 Å². The Morgan fingerprint density at radius 1 is 1.58 bits per heavy atom. The van der Waals surface area contributed by atoms with E-state index in [0.29, 0.717) is 29.5 Å². The number of rotatable bonds is 4. The molecule has 1 aromatic rings. The Labute approximate surface area is 113 Å². The average molecular weight is 264 g/mol. The van der Waals surface area contributed by atoms with Crippen LogP contribution < -0.4 is 10.5 Å². The Morgan fingerprint density at radius 3 is 3.05 bits per heavy atom. The van der Waals surface area contributed by atoms with Gasteiger partial charge < -0.3 is 20.5 Å². The molecule has 1 aliphatic heterocycles. The molecular formula is C14H20N2O3. The fourth-order valence-corrected chi connectivity index (χ4v) is 2.56. The van der Waals surface area contributed by atoms with Crippen LogP contribution >= 0.6 is 0 Å². The highest BCUT2D eigenvalue weighted by Gasteiger charge is 2.28. The highest BCUT2D eigenvalue weighted by molar-refractivity contribution is 5.98. The predicted molar refractivity (Wildman–Crippen MR) is 73.1 cm³/mol. The van der Waals surface area contributed by atoms with Crippen LogP contribution in [-0.4, -0.2) is 42.7 Å². The van der Waals surface area contributed by atoms with E-state index in [1.54, 1.807) is 23.1 Å². The van der Waals surface area contributed by atoms with Crippen LogP contribution in [0.4, 0.5) is 5.69 Å². The predicted octanol–water partition coefficient (Wildman–Crippen LogP) is 1.12. The first kappa shape index (κ1) is 13.7. The summed E-state index contributed by atoms with van der Waals surface area (Å²) in [7, 11) is 1.51. The largest absolute Gasteiger partial charge is 0.494 e. The number of aliphatic hydroxyl groups excluding tert-OH is 1. The molecule has 1 unspecified atom stereocenters. The van der Waals surface area contributed by atoms with Crippen molar-refractivity contribution in [1.29, 1.82) is 0 Å². The van der Waals surface area contributed by atoms with Crippen molar-refractivity contribution in [2.45, 2.75) is 12.8 Å². The summed E-state index contributed by atoms with van der Waals surface area (Å²) in [4.78, 5) is 14.3. The quantitative estimate of drug-likeness (QED) is 0.799. The van der Waals surface area contributed by atoms with Crippen molar-refractivity contribution >= 4 is 11.6 Å². The van der Waals surface area contributed by atoms with Crippen LogP contribution in [0.15, 0.2) is 18.2 Å². The molecule has 19 heavy (non-hydrogen) atoms. The molecule has 0 spiro atoms. The molecule has 1 amide bonds. The number of hydrogen-bond acceptors (Lipinski definition) is 4. The van der Waals surface area contributed by atoms with Crippen molar-refractivity contribution in [1.82, 2.24) is 4.90 Å².